The van der Waals surface area contributed by atoms with E-state index in [2.05, 4.69) is 0 Å². The minimum Gasteiger partial charge on any atom is -0.479 e. The number of nitrogens with zero attached hydrogens (tertiary/aromatic N) is 1. The molecule has 1 rings (SSSR count). The summed E-state index contributed by atoms with van der Waals surface area (Å²) in [6.07, 6.45) is 1.23. The fourth-order valence-electron chi connectivity index (χ4n) is 1.06. The summed E-state index contributed by atoms with van der Waals surface area (Å²) in [7, 11) is 0. The molecule has 17 heavy (non-hydrogen) atoms. The average Bonchev–Trinajstić information content (AvgIpc) is 2.28. The maximum Gasteiger partial charge on any atom is 0.344 e. The lowest BCUT2D eigenvalue weighted by molar-refractivity contribution is -0.400. The van der Waals surface area contributed by atoms with Gasteiger partial charge in [-0.25, -0.2) is 4.79 Å². The molecular weight excluding hydrogens is 226 g/mol. The van der Waals surface area contributed by atoms with Crippen molar-refractivity contribution in [2.75, 3.05) is 0 Å². The van der Waals surface area contributed by atoms with E-state index in [4.69, 9.17) is 9.84 Å². The fourth-order valence-corrected chi connectivity index (χ4v) is 1.06. The summed E-state index contributed by atoms with van der Waals surface area (Å²) < 4.78 is 5.10. The second-order valence-corrected chi connectivity index (χ2v) is 3.27. The Morgan fingerprint density at radius 1 is 1.47 bits per heavy atom. The van der Waals surface area contributed by atoms with Gasteiger partial charge in [0.15, 0.2) is 6.10 Å². The first-order valence-electron chi connectivity index (χ1n) is 4.80. The van der Waals surface area contributed by atoms with E-state index < -0.39 is 17.0 Å². The van der Waals surface area contributed by atoms with Crippen LogP contribution in [0.3, 0.4) is 0 Å². The zero-order valence-corrected chi connectivity index (χ0v) is 9.07. The van der Waals surface area contributed by atoms with Crippen LogP contribution in [0.15, 0.2) is 30.5 Å². The molecule has 0 heterocycles. The number of aliphatic carboxylic acids is 1. The van der Waals surface area contributed by atoms with Gasteiger partial charge in [-0.15, -0.1) is 0 Å². The smallest absolute Gasteiger partial charge is 0.344 e. The number of ether oxygens (including phenoxy) is 1. The second-order valence-electron chi connectivity index (χ2n) is 3.27. The van der Waals surface area contributed by atoms with E-state index in [0.29, 0.717) is 11.3 Å². The van der Waals surface area contributed by atoms with Gasteiger partial charge in [-0.05, 0) is 24.6 Å². The summed E-state index contributed by atoms with van der Waals surface area (Å²) >= 11 is 0. The van der Waals surface area contributed by atoms with Crippen molar-refractivity contribution < 1.29 is 19.6 Å². The van der Waals surface area contributed by atoms with Crippen LogP contribution in [0.4, 0.5) is 0 Å². The molecule has 0 bridgehead atoms. The van der Waals surface area contributed by atoms with Crippen molar-refractivity contribution in [2.24, 2.45) is 0 Å². The maximum atomic E-state index is 10.5. The molecule has 0 aliphatic heterocycles. The zero-order chi connectivity index (χ0) is 12.8. The average molecular weight is 237 g/mol. The summed E-state index contributed by atoms with van der Waals surface area (Å²) in [6.45, 7) is 1.42. The summed E-state index contributed by atoms with van der Waals surface area (Å²) in [5.41, 5.74) is 0.636. The molecule has 0 aliphatic rings. The van der Waals surface area contributed by atoms with Gasteiger partial charge < -0.3 is 9.84 Å². The molecular formula is C11H11NO5. The van der Waals surface area contributed by atoms with Crippen LogP contribution in [0.1, 0.15) is 12.5 Å². The first-order chi connectivity index (χ1) is 7.99. The molecule has 1 atom stereocenters. The predicted molar refractivity (Wildman–Crippen MR) is 60.2 cm³/mol. The van der Waals surface area contributed by atoms with Crippen molar-refractivity contribution in [3.63, 3.8) is 0 Å². The van der Waals surface area contributed by atoms with Crippen LogP contribution in [-0.2, 0) is 4.79 Å². The van der Waals surface area contributed by atoms with Crippen molar-refractivity contribution in [3.05, 3.63) is 46.1 Å². The van der Waals surface area contributed by atoms with Crippen molar-refractivity contribution in [1.82, 2.24) is 0 Å². The van der Waals surface area contributed by atoms with Gasteiger partial charge in [0.1, 0.15) is 5.75 Å². The van der Waals surface area contributed by atoms with Gasteiger partial charge in [0, 0.05) is 6.08 Å². The Kier molecular flexibility index (Phi) is 4.21. The number of carbonyl (C=O) groups is 1. The van der Waals surface area contributed by atoms with Gasteiger partial charge in [0.25, 0.3) is 0 Å². The van der Waals surface area contributed by atoms with E-state index in [1.165, 1.54) is 13.0 Å². The first-order valence-corrected chi connectivity index (χ1v) is 4.80. The Labute approximate surface area is 97.3 Å². The highest BCUT2D eigenvalue weighted by Gasteiger charge is 2.11. The van der Waals surface area contributed by atoms with Gasteiger partial charge in [-0.1, -0.05) is 12.1 Å². The Bertz CT molecular complexity index is 438. The molecule has 6 nitrogen and oxygen atoms in total. The molecule has 0 spiro atoms. The number of hydrogen-bond acceptors (Lipinski definition) is 4. The van der Waals surface area contributed by atoms with Crippen LogP contribution in [0.5, 0.6) is 5.75 Å². The van der Waals surface area contributed by atoms with Crippen LogP contribution < -0.4 is 4.74 Å². The molecule has 0 saturated heterocycles. The molecule has 1 aromatic rings. The molecule has 6 heteroatoms. The van der Waals surface area contributed by atoms with Crippen LogP contribution in [0.25, 0.3) is 6.08 Å². The van der Waals surface area contributed by atoms with E-state index in [1.54, 1.807) is 24.3 Å². The summed E-state index contributed by atoms with van der Waals surface area (Å²) in [5.74, 6) is -0.652. The molecule has 1 aromatic carbocycles. The number of benzene rings is 1. The molecule has 0 saturated carbocycles. The van der Waals surface area contributed by atoms with E-state index >= 15 is 0 Å². The van der Waals surface area contributed by atoms with Crippen molar-refractivity contribution >= 4 is 12.0 Å². The number of carboxylic acids is 1. The third-order valence-corrected chi connectivity index (χ3v) is 1.93. The zero-order valence-electron chi connectivity index (χ0n) is 9.07. The number of rotatable bonds is 5. The quantitative estimate of drug-likeness (QED) is 0.622. The summed E-state index contributed by atoms with van der Waals surface area (Å²) in [4.78, 5) is 20.1. The predicted octanol–water partition coefficient (Wildman–Crippen LogP) is 1.79. The third-order valence-electron chi connectivity index (χ3n) is 1.93. The molecule has 0 aromatic heterocycles. The highest BCUT2D eigenvalue weighted by Crippen LogP contribution is 2.14. The van der Waals surface area contributed by atoms with Gasteiger partial charge >= 0.3 is 5.97 Å². The molecule has 90 valence electrons. The Hall–Kier alpha value is -2.37. The van der Waals surface area contributed by atoms with Gasteiger partial charge in [0.2, 0.25) is 6.20 Å². The topological polar surface area (TPSA) is 89.7 Å². The van der Waals surface area contributed by atoms with Crippen LogP contribution in [0.2, 0.25) is 0 Å². The minimum absolute atomic E-state index is 0.401. The highest BCUT2D eigenvalue weighted by molar-refractivity contribution is 5.72. The molecule has 0 unspecified atom stereocenters. The fraction of sp³-hybridized carbons (Fsp3) is 0.182. The van der Waals surface area contributed by atoms with Crippen LogP contribution >= 0.6 is 0 Å². The van der Waals surface area contributed by atoms with E-state index in [-0.39, 0.29) is 0 Å². The van der Waals surface area contributed by atoms with E-state index in [0.717, 1.165) is 6.20 Å². The Morgan fingerprint density at radius 3 is 2.53 bits per heavy atom. The van der Waals surface area contributed by atoms with Crippen LogP contribution in [0, 0.1) is 10.1 Å². The molecule has 1 N–H and O–H groups in total. The number of hydrogen-bond donors (Lipinski definition) is 1. The number of nitro groups is 1. The van der Waals surface area contributed by atoms with Crippen molar-refractivity contribution in [3.8, 4) is 5.75 Å². The van der Waals surface area contributed by atoms with Gasteiger partial charge in [0.05, 0.1) is 4.92 Å². The second kappa shape index (κ2) is 5.64. The number of carboxylic acid groups (broad SMARTS) is 1. The highest BCUT2D eigenvalue weighted by atomic mass is 16.6. The van der Waals surface area contributed by atoms with Crippen molar-refractivity contribution in [2.45, 2.75) is 13.0 Å². The largest absolute Gasteiger partial charge is 0.479 e. The monoisotopic (exact) mass is 237 g/mol. The lowest BCUT2D eigenvalue weighted by Crippen LogP contribution is -2.22. The van der Waals surface area contributed by atoms with Crippen LogP contribution in [-0.4, -0.2) is 22.1 Å². The lowest BCUT2D eigenvalue weighted by atomic mass is 10.2. The Morgan fingerprint density at radius 2 is 2.06 bits per heavy atom. The van der Waals surface area contributed by atoms with Gasteiger partial charge in [-0.3, -0.25) is 10.1 Å². The molecule has 0 aliphatic carbocycles. The van der Waals surface area contributed by atoms with Crippen molar-refractivity contribution in [1.29, 1.82) is 0 Å². The minimum atomic E-state index is -1.05. The molecule has 0 fully saturated rings. The molecule has 0 radical (unpaired) electrons. The maximum absolute atomic E-state index is 10.5. The summed E-state index contributed by atoms with van der Waals surface area (Å²) in [6, 6.07) is 6.31. The van der Waals surface area contributed by atoms with E-state index in [1.807, 2.05) is 0 Å². The summed E-state index contributed by atoms with van der Waals surface area (Å²) in [5, 5.41) is 18.7. The first kappa shape index (κ1) is 12.7. The van der Waals surface area contributed by atoms with E-state index in [9.17, 15) is 14.9 Å². The van der Waals surface area contributed by atoms with Gasteiger partial charge in [-0.2, -0.15) is 0 Å². The standard InChI is InChI=1S/C11H11NO5/c1-8(11(13)14)17-10-4-2-9(3-5-10)6-7-12(15)16/h2-8H,1H3,(H,13,14)/b7-6+/t8-/m1/s1. The SMILES string of the molecule is C[C@@H](Oc1ccc(/C=C/[N+](=O)[O-])cc1)C(=O)O. The normalized spacial score (nSPS) is 12.3. The Balaban J connectivity index is 2.68. The third kappa shape index (κ3) is 4.33. The molecule has 0 amide bonds. The lowest BCUT2D eigenvalue weighted by Gasteiger charge is -2.09.